The molecule has 1 atom stereocenters. The second kappa shape index (κ2) is 8.44. The van der Waals surface area contributed by atoms with E-state index in [1.807, 2.05) is 61.5 Å². The number of hydrogen-bond acceptors (Lipinski definition) is 3. The molecule has 0 spiro atoms. The van der Waals surface area contributed by atoms with E-state index < -0.39 is 11.6 Å². The number of nitrogens with one attached hydrogen (secondary N) is 1. The van der Waals surface area contributed by atoms with Crippen LogP contribution in [0.4, 0.5) is 5.69 Å². The van der Waals surface area contributed by atoms with E-state index >= 15 is 0 Å². The van der Waals surface area contributed by atoms with Gasteiger partial charge in [0.15, 0.2) is 0 Å². The SMILES string of the molecule is Cc1ccc(CN2C(=O)c3ccccc3NC2(CCC(=O)O)c2ccc(Cl)cc2)cc1. The summed E-state index contributed by atoms with van der Waals surface area (Å²) in [6.07, 6.45) is 0.103. The van der Waals surface area contributed by atoms with Crippen molar-refractivity contribution in [2.24, 2.45) is 0 Å². The first-order chi connectivity index (χ1) is 14.9. The van der Waals surface area contributed by atoms with Crippen molar-refractivity contribution in [3.8, 4) is 0 Å². The van der Waals surface area contributed by atoms with Crippen LogP contribution in [0.5, 0.6) is 0 Å². The quantitative estimate of drug-likeness (QED) is 0.542. The standard InChI is InChI=1S/C25H23ClN2O3/c1-17-6-8-18(9-7-17)16-28-24(31)21-4-2-3-5-22(21)27-25(28,15-14-23(29)30)19-10-12-20(26)13-11-19/h2-13,27H,14-16H2,1H3,(H,29,30). The number of rotatable bonds is 6. The molecule has 158 valence electrons. The van der Waals surface area contributed by atoms with Crippen molar-refractivity contribution in [3.63, 3.8) is 0 Å². The lowest BCUT2D eigenvalue weighted by atomic mass is 9.87. The van der Waals surface area contributed by atoms with Crippen LogP contribution in [0.3, 0.4) is 0 Å². The van der Waals surface area contributed by atoms with Crippen LogP contribution in [-0.2, 0) is 17.0 Å². The maximum atomic E-state index is 13.7. The number of fused-ring (bicyclic) bond motifs is 1. The number of aryl methyl sites for hydroxylation is 1. The zero-order valence-corrected chi connectivity index (χ0v) is 17.9. The Balaban J connectivity index is 1.87. The molecular formula is C25H23ClN2O3. The topological polar surface area (TPSA) is 69.6 Å². The highest BCUT2D eigenvalue weighted by atomic mass is 35.5. The third kappa shape index (κ3) is 4.14. The molecule has 31 heavy (non-hydrogen) atoms. The Labute approximate surface area is 186 Å². The second-order valence-corrected chi connectivity index (χ2v) is 8.24. The summed E-state index contributed by atoms with van der Waals surface area (Å²) >= 11 is 6.12. The molecule has 3 aromatic carbocycles. The number of carboxylic acid groups (broad SMARTS) is 1. The molecule has 4 rings (SSSR count). The molecule has 1 aliphatic rings. The number of hydrogen-bond donors (Lipinski definition) is 2. The van der Waals surface area contributed by atoms with Gasteiger partial charge in [-0.3, -0.25) is 9.59 Å². The average molecular weight is 435 g/mol. The first kappa shape index (κ1) is 20.9. The van der Waals surface area contributed by atoms with Crippen LogP contribution in [0, 0.1) is 6.92 Å². The smallest absolute Gasteiger partial charge is 0.303 e. The van der Waals surface area contributed by atoms with E-state index in [0.717, 1.165) is 16.7 Å². The number of aliphatic carboxylic acids is 1. The highest BCUT2D eigenvalue weighted by Gasteiger charge is 2.46. The van der Waals surface area contributed by atoms with E-state index in [1.165, 1.54) is 0 Å². The normalized spacial score (nSPS) is 17.7. The van der Waals surface area contributed by atoms with Crippen LogP contribution < -0.4 is 5.32 Å². The first-order valence-electron chi connectivity index (χ1n) is 10.1. The Kier molecular flexibility index (Phi) is 5.70. The van der Waals surface area contributed by atoms with Gasteiger partial charge in [0.05, 0.1) is 5.56 Å². The van der Waals surface area contributed by atoms with Gasteiger partial charge in [0.2, 0.25) is 0 Å². The van der Waals surface area contributed by atoms with E-state index in [4.69, 9.17) is 11.6 Å². The lowest BCUT2D eigenvalue weighted by Gasteiger charge is -2.49. The number of anilines is 1. The Morgan fingerprint density at radius 3 is 2.39 bits per heavy atom. The molecule has 1 heterocycles. The fourth-order valence-electron chi connectivity index (χ4n) is 4.05. The van der Waals surface area contributed by atoms with E-state index in [0.29, 0.717) is 22.8 Å². The lowest BCUT2D eigenvalue weighted by molar-refractivity contribution is -0.137. The Hall–Kier alpha value is -3.31. The molecule has 0 fully saturated rings. The van der Waals surface area contributed by atoms with Gasteiger partial charge in [-0.05, 0) is 42.3 Å². The summed E-state index contributed by atoms with van der Waals surface area (Å²) in [7, 11) is 0. The first-order valence-corrected chi connectivity index (χ1v) is 10.5. The molecule has 1 unspecified atom stereocenters. The molecule has 0 bridgehead atoms. The van der Waals surface area contributed by atoms with Crippen LogP contribution in [-0.4, -0.2) is 21.9 Å². The summed E-state index contributed by atoms with van der Waals surface area (Å²) in [6, 6.07) is 22.5. The van der Waals surface area contributed by atoms with Crippen LogP contribution in [0.2, 0.25) is 5.02 Å². The van der Waals surface area contributed by atoms with Gasteiger partial charge in [-0.25, -0.2) is 0 Å². The van der Waals surface area contributed by atoms with Crippen molar-refractivity contribution in [3.05, 3.63) is 100 Å². The van der Waals surface area contributed by atoms with Gasteiger partial charge in [0.1, 0.15) is 5.66 Å². The Morgan fingerprint density at radius 2 is 1.71 bits per heavy atom. The van der Waals surface area contributed by atoms with E-state index in [2.05, 4.69) is 5.32 Å². The van der Waals surface area contributed by atoms with Crippen molar-refractivity contribution in [1.82, 2.24) is 4.90 Å². The fourth-order valence-corrected chi connectivity index (χ4v) is 4.18. The van der Waals surface area contributed by atoms with E-state index in [-0.39, 0.29) is 18.7 Å². The number of carbonyl (C=O) groups is 2. The van der Waals surface area contributed by atoms with Gasteiger partial charge in [0.25, 0.3) is 5.91 Å². The molecule has 0 saturated carbocycles. The monoisotopic (exact) mass is 434 g/mol. The van der Waals surface area contributed by atoms with Gasteiger partial charge in [0, 0.05) is 30.1 Å². The minimum absolute atomic E-state index is 0.102. The highest BCUT2D eigenvalue weighted by Crippen LogP contribution is 2.42. The van der Waals surface area contributed by atoms with Crippen LogP contribution >= 0.6 is 11.6 Å². The summed E-state index contributed by atoms with van der Waals surface area (Å²) in [5.41, 5.74) is 3.11. The predicted molar refractivity (Wildman–Crippen MR) is 121 cm³/mol. The summed E-state index contributed by atoms with van der Waals surface area (Å²) in [4.78, 5) is 27.0. The zero-order valence-electron chi connectivity index (χ0n) is 17.1. The number of nitrogens with zero attached hydrogens (tertiary/aromatic N) is 1. The number of benzene rings is 3. The molecule has 5 nitrogen and oxygen atoms in total. The number of halogens is 1. The van der Waals surface area contributed by atoms with Crippen molar-refractivity contribution in [2.45, 2.75) is 32.0 Å². The van der Waals surface area contributed by atoms with Crippen LogP contribution in [0.15, 0.2) is 72.8 Å². The predicted octanol–water partition coefficient (Wildman–Crippen LogP) is 5.43. The zero-order chi connectivity index (χ0) is 22.0. The van der Waals surface area contributed by atoms with E-state index in [9.17, 15) is 14.7 Å². The molecule has 0 saturated heterocycles. The summed E-state index contributed by atoms with van der Waals surface area (Å²) in [5, 5.41) is 13.6. The van der Waals surface area contributed by atoms with E-state index in [1.54, 1.807) is 23.1 Å². The molecular weight excluding hydrogens is 412 g/mol. The second-order valence-electron chi connectivity index (χ2n) is 7.81. The van der Waals surface area contributed by atoms with Crippen LogP contribution in [0.25, 0.3) is 0 Å². The highest BCUT2D eigenvalue weighted by molar-refractivity contribution is 6.30. The van der Waals surface area contributed by atoms with Gasteiger partial charge in [-0.2, -0.15) is 0 Å². The third-order valence-corrected chi connectivity index (χ3v) is 5.94. The van der Waals surface area contributed by atoms with Gasteiger partial charge < -0.3 is 15.3 Å². The Morgan fingerprint density at radius 1 is 1.03 bits per heavy atom. The summed E-state index contributed by atoms with van der Waals surface area (Å²) in [6.45, 7) is 2.35. The number of para-hydroxylation sites is 1. The fraction of sp³-hybridized carbons (Fsp3) is 0.200. The molecule has 3 aromatic rings. The molecule has 1 amide bonds. The minimum atomic E-state index is -1.03. The van der Waals surface area contributed by atoms with Crippen molar-refractivity contribution >= 4 is 29.2 Å². The largest absolute Gasteiger partial charge is 0.481 e. The lowest BCUT2D eigenvalue weighted by Crippen LogP contribution is -2.57. The molecule has 0 aromatic heterocycles. The third-order valence-electron chi connectivity index (χ3n) is 5.69. The molecule has 6 heteroatoms. The van der Waals surface area contributed by atoms with Crippen molar-refractivity contribution in [2.75, 3.05) is 5.32 Å². The number of carbonyl (C=O) groups excluding carboxylic acids is 1. The number of amides is 1. The van der Waals surface area contributed by atoms with Gasteiger partial charge >= 0.3 is 5.97 Å². The molecule has 1 aliphatic heterocycles. The molecule has 2 N–H and O–H groups in total. The minimum Gasteiger partial charge on any atom is -0.481 e. The maximum Gasteiger partial charge on any atom is 0.303 e. The van der Waals surface area contributed by atoms with Crippen LogP contribution in [0.1, 0.15) is 39.9 Å². The van der Waals surface area contributed by atoms with Crippen molar-refractivity contribution in [1.29, 1.82) is 0 Å². The Bertz CT molecular complexity index is 1110. The molecule has 0 radical (unpaired) electrons. The van der Waals surface area contributed by atoms with Gasteiger partial charge in [-0.15, -0.1) is 0 Å². The maximum absolute atomic E-state index is 13.7. The van der Waals surface area contributed by atoms with Crippen molar-refractivity contribution < 1.29 is 14.7 Å². The average Bonchev–Trinajstić information content (AvgIpc) is 2.76. The van der Waals surface area contributed by atoms with Gasteiger partial charge in [-0.1, -0.05) is 65.7 Å². The number of carboxylic acids is 1. The molecule has 0 aliphatic carbocycles. The summed E-state index contributed by atoms with van der Waals surface area (Å²) < 4.78 is 0. The summed E-state index contributed by atoms with van der Waals surface area (Å²) in [5.74, 6) is -1.06.